The van der Waals surface area contributed by atoms with E-state index in [0.29, 0.717) is 0 Å². The van der Waals surface area contributed by atoms with Gasteiger partial charge < -0.3 is 9.64 Å². The first-order chi connectivity index (χ1) is 11.5. The van der Waals surface area contributed by atoms with Gasteiger partial charge in [0.15, 0.2) is 0 Å². The van der Waals surface area contributed by atoms with Gasteiger partial charge in [0, 0.05) is 0 Å². The summed E-state index contributed by atoms with van der Waals surface area (Å²) in [6.07, 6.45) is 20.3. The van der Waals surface area contributed by atoms with Crippen molar-refractivity contribution in [1.29, 1.82) is 0 Å². The molecular formula is C20H44BNO2. The van der Waals surface area contributed by atoms with Gasteiger partial charge in [-0.25, -0.2) is 0 Å². The lowest BCUT2D eigenvalue weighted by Gasteiger charge is -2.08. The molecule has 0 aliphatic rings. The first-order valence-corrected chi connectivity index (χ1v) is 10.2. The third-order valence-corrected chi connectivity index (χ3v) is 4.25. The van der Waals surface area contributed by atoms with Crippen LogP contribution in [0, 0.1) is 0 Å². The molecule has 0 bridgehead atoms. The normalized spacial score (nSPS) is 10.4. The quantitative estimate of drug-likeness (QED) is 0.294. The monoisotopic (exact) mass is 341 g/mol. The molecule has 3 nitrogen and oxygen atoms in total. The van der Waals surface area contributed by atoms with Crippen molar-refractivity contribution < 1.29 is 9.53 Å². The fourth-order valence-electron chi connectivity index (χ4n) is 2.62. The fraction of sp³-hybridized carbons (Fsp3) is 0.950. The molecule has 0 rings (SSSR count). The van der Waals surface area contributed by atoms with Crippen molar-refractivity contribution in [3.8, 4) is 0 Å². The molecule has 0 aromatic carbocycles. The Balaban J connectivity index is 0. The molecule has 0 fully saturated rings. The maximum atomic E-state index is 9.59. The second kappa shape index (κ2) is 22.5. The van der Waals surface area contributed by atoms with E-state index in [1.54, 1.807) is 0 Å². The number of nitrogens with zero attached hydrogens (tertiary/aromatic N) is 1. The summed E-state index contributed by atoms with van der Waals surface area (Å²) in [6.45, 7) is 3.55. The average molecular weight is 341 g/mol. The zero-order chi connectivity index (χ0) is 18.5. The molecule has 0 saturated carbocycles. The Morgan fingerprint density at radius 2 is 1.04 bits per heavy atom. The van der Waals surface area contributed by atoms with Gasteiger partial charge in [-0.05, 0) is 27.1 Å². The van der Waals surface area contributed by atoms with Crippen LogP contribution < -0.4 is 0 Å². The minimum absolute atomic E-state index is 0.245. The van der Waals surface area contributed by atoms with Crippen LogP contribution in [-0.4, -0.2) is 46.4 Å². The molecule has 0 aromatic rings. The third kappa shape index (κ3) is 29.5. The Kier molecular flexibility index (Phi) is 24.1. The Morgan fingerprint density at radius 1 is 0.750 bits per heavy atom. The van der Waals surface area contributed by atoms with Crippen molar-refractivity contribution in [3.05, 3.63) is 0 Å². The molecular weight excluding hydrogens is 297 g/mol. The van der Waals surface area contributed by atoms with E-state index in [9.17, 15) is 4.79 Å². The van der Waals surface area contributed by atoms with E-state index in [0.717, 1.165) is 0 Å². The number of carbonyl (C=O) groups excluding carboxylic acids is 1. The molecule has 0 radical (unpaired) electrons. The van der Waals surface area contributed by atoms with Crippen LogP contribution in [-0.2, 0) is 4.74 Å². The maximum absolute atomic E-state index is 9.59. The second-order valence-electron chi connectivity index (χ2n) is 7.10. The zero-order valence-corrected chi connectivity index (χ0v) is 17.4. The minimum Gasteiger partial charge on any atom is -0.477 e. The Labute approximate surface area is 153 Å². The van der Waals surface area contributed by atoms with E-state index in [1.165, 1.54) is 111 Å². The van der Waals surface area contributed by atoms with Crippen LogP contribution in [0.2, 0.25) is 0 Å². The lowest BCUT2D eigenvalue weighted by Crippen LogP contribution is -2.12. The van der Waals surface area contributed by atoms with Gasteiger partial charge in [0.05, 0.1) is 7.11 Å². The Morgan fingerprint density at radius 3 is 1.29 bits per heavy atom. The van der Waals surface area contributed by atoms with Crippen LogP contribution in [0.15, 0.2) is 0 Å². The van der Waals surface area contributed by atoms with Gasteiger partial charge in [-0.3, -0.25) is 4.79 Å². The molecule has 0 unspecified atom stereocenters. The second-order valence-corrected chi connectivity index (χ2v) is 7.10. The van der Waals surface area contributed by atoms with Crippen molar-refractivity contribution in [1.82, 2.24) is 4.90 Å². The predicted molar refractivity (Wildman–Crippen MR) is 110 cm³/mol. The van der Waals surface area contributed by atoms with Gasteiger partial charge in [0.2, 0.25) is 13.7 Å². The highest BCUT2D eigenvalue weighted by Crippen LogP contribution is 2.12. The number of methoxy groups -OCH3 is 1. The summed E-state index contributed by atoms with van der Waals surface area (Å²) < 4.78 is 4.11. The average Bonchev–Trinajstić information content (AvgIpc) is 2.55. The third-order valence-electron chi connectivity index (χ3n) is 4.25. The minimum atomic E-state index is -0.245. The molecule has 0 aromatic heterocycles. The van der Waals surface area contributed by atoms with Crippen LogP contribution in [0.5, 0.6) is 0 Å². The number of rotatable bonds is 15. The van der Waals surface area contributed by atoms with E-state index in [-0.39, 0.29) is 5.87 Å². The SMILES string of the molecule is BC(=O)OC.CCCCCCCCCCCCCCCCN(C)C. The van der Waals surface area contributed by atoms with Crippen molar-refractivity contribution in [2.75, 3.05) is 27.7 Å². The summed E-state index contributed by atoms with van der Waals surface area (Å²) in [5, 5.41) is 0. The number of hydrogen-bond donors (Lipinski definition) is 0. The van der Waals surface area contributed by atoms with Gasteiger partial charge in [-0.2, -0.15) is 0 Å². The molecule has 0 heterocycles. The topological polar surface area (TPSA) is 29.5 Å². The highest BCUT2D eigenvalue weighted by molar-refractivity contribution is 6.55. The molecule has 0 saturated heterocycles. The van der Waals surface area contributed by atoms with E-state index in [1.807, 2.05) is 0 Å². The standard InChI is InChI=1S/C18H39N.C2H5BO2/c1-4-5-6-7-8-9-10-11-12-13-14-15-16-17-18-19(2)3;1-5-2(3)4/h4-18H2,1-3H3;3H2,1H3. The van der Waals surface area contributed by atoms with Gasteiger partial charge in [-0.1, -0.05) is 90.4 Å². The number of hydrogen-bond acceptors (Lipinski definition) is 3. The van der Waals surface area contributed by atoms with Gasteiger partial charge in [-0.15, -0.1) is 0 Å². The highest BCUT2D eigenvalue weighted by atomic mass is 16.5. The Bertz CT molecular complexity index is 248. The summed E-state index contributed by atoms with van der Waals surface area (Å²) in [7, 11) is 7.05. The summed E-state index contributed by atoms with van der Waals surface area (Å²) in [5.74, 6) is -0.245. The fourth-order valence-corrected chi connectivity index (χ4v) is 2.62. The number of unbranched alkanes of at least 4 members (excludes halogenated alkanes) is 13. The first-order valence-electron chi connectivity index (χ1n) is 10.2. The molecule has 0 N–H and O–H groups in total. The van der Waals surface area contributed by atoms with Crippen molar-refractivity contribution >= 4 is 13.7 Å². The van der Waals surface area contributed by atoms with Gasteiger partial charge in [0.25, 0.3) is 0 Å². The highest BCUT2D eigenvalue weighted by Gasteiger charge is 1.94. The molecule has 4 heteroatoms. The summed E-state index contributed by atoms with van der Waals surface area (Å²) in [5.41, 5.74) is 0. The van der Waals surface area contributed by atoms with E-state index >= 15 is 0 Å². The van der Waals surface area contributed by atoms with Crippen LogP contribution in [0.25, 0.3) is 0 Å². The summed E-state index contributed by atoms with van der Waals surface area (Å²) in [4.78, 5) is 11.9. The summed E-state index contributed by atoms with van der Waals surface area (Å²) in [6, 6.07) is 0. The molecule has 0 aliphatic carbocycles. The van der Waals surface area contributed by atoms with Crippen LogP contribution >= 0.6 is 0 Å². The molecule has 0 spiro atoms. The zero-order valence-electron chi connectivity index (χ0n) is 17.4. The van der Waals surface area contributed by atoms with E-state index in [2.05, 4.69) is 30.7 Å². The van der Waals surface area contributed by atoms with E-state index in [4.69, 9.17) is 0 Å². The molecule has 144 valence electrons. The van der Waals surface area contributed by atoms with Crippen molar-refractivity contribution in [2.24, 2.45) is 0 Å². The smallest absolute Gasteiger partial charge is 0.242 e. The first kappa shape index (κ1) is 25.7. The largest absolute Gasteiger partial charge is 0.477 e. The number of carbonyl (C=O) groups is 1. The molecule has 0 atom stereocenters. The van der Waals surface area contributed by atoms with Crippen LogP contribution in [0.4, 0.5) is 4.79 Å². The molecule has 0 amide bonds. The summed E-state index contributed by atoms with van der Waals surface area (Å²) >= 11 is 0. The number of ether oxygens (including phenoxy) is 1. The van der Waals surface area contributed by atoms with Crippen molar-refractivity contribution in [2.45, 2.75) is 96.8 Å². The van der Waals surface area contributed by atoms with Crippen LogP contribution in [0.1, 0.15) is 96.8 Å². The molecule has 0 aliphatic heterocycles. The Hall–Kier alpha value is -0.505. The lowest BCUT2D eigenvalue weighted by atomic mass is 10.0. The van der Waals surface area contributed by atoms with Crippen molar-refractivity contribution in [3.63, 3.8) is 0 Å². The van der Waals surface area contributed by atoms with E-state index < -0.39 is 0 Å². The lowest BCUT2D eigenvalue weighted by molar-refractivity contribution is 0.198. The predicted octanol–water partition coefficient (Wildman–Crippen LogP) is 5.42. The maximum Gasteiger partial charge on any atom is 0.242 e. The van der Waals surface area contributed by atoms with Crippen LogP contribution in [0.3, 0.4) is 0 Å². The molecule has 24 heavy (non-hydrogen) atoms. The van der Waals surface area contributed by atoms with Gasteiger partial charge >= 0.3 is 0 Å². The van der Waals surface area contributed by atoms with Gasteiger partial charge in [0.1, 0.15) is 0 Å².